The number of azo groups is 1. The third kappa shape index (κ3) is 3.47. The Morgan fingerprint density at radius 2 is 1.52 bits per heavy atom. The minimum atomic E-state index is -1.63. The Morgan fingerprint density at radius 1 is 0.957 bits per heavy atom. The number of aromatic carboxylic acids is 2. The Bertz CT molecular complexity index is 909. The molecule has 4 N–H and O–H groups in total. The smallest absolute Gasteiger partial charge is 0.327 e. The van der Waals surface area contributed by atoms with E-state index in [1.807, 2.05) is 4.98 Å². The highest BCUT2D eigenvalue weighted by Crippen LogP contribution is 2.21. The average molecular weight is 317 g/mol. The molecule has 0 saturated heterocycles. The summed E-state index contributed by atoms with van der Waals surface area (Å²) in [5.41, 5.74) is 2.07. The summed E-state index contributed by atoms with van der Waals surface area (Å²) in [7, 11) is 0. The fourth-order valence-electron chi connectivity index (χ4n) is 1.61. The second kappa shape index (κ2) is 5.93. The molecule has 1 aromatic carbocycles. The number of hydrogen-bond acceptors (Lipinski definition) is 9. The lowest BCUT2D eigenvalue weighted by Gasteiger charge is -2.08. The van der Waals surface area contributed by atoms with Gasteiger partial charge in [-0.3, -0.25) is 14.8 Å². The number of nitrogens with one attached hydrogen (secondary N) is 2. The van der Waals surface area contributed by atoms with Crippen molar-refractivity contribution in [2.24, 2.45) is 10.2 Å². The maximum Gasteiger partial charge on any atom is 0.327 e. The molecule has 1 aromatic heterocycles. The molecule has 11 heteroatoms. The molecule has 23 heavy (non-hydrogen) atoms. The maximum atomic E-state index is 11.5. The molecule has 0 aliphatic carbocycles. The number of nitrogen functional groups attached to an aromatic ring is 1. The van der Waals surface area contributed by atoms with Crippen LogP contribution in [0.1, 0.15) is 20.7 Å². The number of carbonyl (C=O) groups is 2. The Hall–Kier alpha value is -3.76. The molecule has 0 spiro atoms. The minimum absolute atomic E-state index is 0.198. The topological polar surface area (TPSA) is 197 Å². The van der Waals surface area contributed by atoms with E-state index in [4.69, 9.17) is 5.73 Å². The molecule has 0 saturated carbocycles. The molecule has 0 fully saturated rings. The van der Waals surface area contributed by atoms with Crippen molar-refractivity contribution in [3.63, 3.8) is 0 Å². The number of carboxylic acids is 2. The summed E-state index contributed by atoms with van der Waals surface area (Å²) in [4.78, 5) is 48.1. The lowest BCUT2D eigenvalue weighted by atomic mass is 10.1. The van der Waals surface area contributed by atoms with Crippen LogP contribution in [0.2, 0.25) is 0 Å². The quantitative estimate of drug-likeness (QED) is 0.531. The number of H-pyrrole nitrogens is 2. The van der Waals surface area contributed by atoms with Crippen LogP contribution in [0, 0.1) is 0 Å². The van der Waals surface area contributed by atoms with Gasteiger partial charge in [-0.05, 0) is 18.2 Å². The molecule has 0 aliphatic rings. The molecular formula is C12H7N5O6-2. The van der Waals surface area contributed by atoms with E-state index < -0.39 is 40.0 Å². The van der Waals surface area contributed by atoms with Gasteiger partial charge in [-0.1, -0.05) is 0 Å². The number of anilines is 1. The van der Waals surface area contributed by atoms with Crippen molar-refractivity contribution >= 4 is 29.1 Å². The number of carbonyl (C=O) groups excluding carboxylic acids is 2. The van der Waals surface area contributed by atoms with Crippen molar-refractivity contribution in [2.45, 2.75) is 0 Å². The van der Waals surface area contributed by atoms with Crippen molar-refractivity contribution in [3.05, 3.63) is 50.2 Å². The molecule has 0 unspecified atom stereocenters. The molecule has 2 rings (SSSR count). The van der Waals surface area contributed by atoms with E-state index in [1.165, 1.54) is 0 Å². The van der Waals surface area contributed by atoms with E-state index in [-0.39, 0.29) is 11.5 Å². The molecule has 1 heterocycles. The third-order valence-corrected chi connectivity index (χ3v) is 2.60. The number of carboxylic acid groups (broad SMARTS) is 2. The molecule has 11 nitrogen and oxygen atoms in total. The van der Waals surface area contributed by atoms with Crippen molar-refractivity contribution in [2.75, 3.05) is 5.73 Å². The summed E-state index contributed by atoms with van der Waals surface area (Å²) in [6.45, 7) is 0. The van der Waals surface area contributed by atoms with Crippen molar-refractivity contribution in [1.82, 2.24) is 9.97 Å². The summed E-state index contributed by atoms with van der Waals surface area (Å²) < 4.78 is 0. The second-order valence-corrected chi connectivity index (χ2v) is 4.21. The Morgan fingerprint density at radius 3 is 2.00 bits per heavy atom. The first-order chi connectivity index (χ1) is 10.8. The summed E-state index contributed by atoms with van der Waals surface area (Å²) in [6.07, 6.45) is 0. The molecule has 0 bridgehead atoms. The number of rotatable bonds is 4. The minimum Gasteiger partial charge on any atom is -0.545 e. The van der Waals surface area contributed by atoms with Gasteiger partial charge < -0.3 is 25.5 Å². The Balaban J connectivity index is 2.52. The van der Waals surface area contributed by atoms with Gasteiger partial charge in [-0.2, -0.15) is 5.11 Å². The van der Waals surface area contributed by atoms with Gasteiger partial charge >= 0.3 is 5.69 Å². The maximum absolute atomic E-state index is 11.5. The van der Waals surface area contributed by atoms with Crippen molar-refractivity contribution in [3.8, 4) is 0 Å². The number of aromatic amines is 2. The first-order valence-electron chi connectivity index (χ1n) is 5.89. The van der Waals surface area contributed by atoms with Gasteiger partial charge in [0.05, 0.1) is 17.6 Å². The van der Waals surface area contributed by atoms with Crippen LogP contribution in [0.4, 0.5) is 17.2 Å². The molecular weight excluding hydrogens is 310 g/mol. The van der Waals surface area contributed by atoms with E-state index in [0.717, 1.165) is 18.2 Å². The standard InChI is InChI=1S/C12H9N5O6/c13-8-7(9(18)15-12(23)14-8)17-16-6-2-4(10(19)20)1-5(3-6)11(21)22/h1-3H,(H,19,20)(H,21,22)(H4,13,14,15,18,23)/p-2. The highest BCUT2D eigenvalue weighted by molar-refractivity contribution is 5.93. The predicted octanol–water partition coefficient (Wildman–Crippen LogP) is -2.21. The van der Waals surface area contributed by atoms with Crippen molar-refractivity contribution < 1.29 is 19.8 Å². The Kier molecular flexibility index (Phi) is 4.03. The van der Waals surface area contributed by atoms with Gasteiger partial charge in [0, 0.05) is 11.1 Å². The largest absolute Gasteiger partial charge is 0.545 e. The highest BCUT2D eigenvalue weighted by atomic mass is 16.4. The first kappa shape index (κ1) is 15.6. The zero-order valence-electron chi connectivity index (χ0n) is 11.2. The van der Waals surface area contributed by atoms with Crippen LogP contribution in [0.15, 0.2) is 38.0 Å². The molecule has 0 radical (unpaired) electrons. The number of benzene rings is 1. The number of hydrogen-bond donors (Lipinski definition) is 3. The van der Waals surface area contributed by atoms with Crippen LogP contribution in [0.5, 0.6) is 0 Å². The van der Waals surface area contributed by atoms with E-state index in [1.54, 1.807) is 0 Å². The first-order valence-corrected chi connectivity index (χ1v) is 5.89. The Labute approximate surface area is 126 Å². The molecule has 118 valence electrons. The van der Waals surface area contributed by atoms with Crippen molar-refractivity contribution in [1.29, 1.82) is 0 Å². The average Bonchev–Trinajstić information content (AvgIpc) is 2.45. The van der Waals surface area contributed by atoms with Gasteiger partial charge in [0.25, 0.3) is 5.56 Å². The monoisotopic (exact) mass is 317 g/mol. The van der Waals surface area contributed by atoms with Crippen LogP contribution < -0.4 is 27.2 Å². The summed E-state index contributed by atoms with van der Waals surface area (Å²) in [5.74, 6) is -3.63. The van der Waals surface area contributed by atoms with Crippen LogP contribution >= 0.6 is 0 Å². The van der Waals surface area contributed by atoms with Gasteiger partial charge in [-0.25, -0.2) is 4.79 Å². The van der Waals surface area contributed by atoms with Crippen LogP contribution in [-0.4, -0.2) is 21.9 Å². The van der Waals surface area contributed by atoms with E-state index in [9.17, 15) is 29.4 Å². The number of nitrogens with two attached hydrogens (primary N) is 1. The third-order valence-electron chi connectivity index (χ3n) is 2.60. The zero-order chi connectivity index (χ0) is 17.1. The predicted molar refractivity (Wildman–Crippen MR) is 71.4 cm³/mol. The molecule has 0 amide bonds. The van der Waals surface area contributed by atoms with Crippen LogP contribution in [0.25, 0.3) is 0 Å². The lowest BCUT2D eigenvalue weighted by molar-refractivity contribution is -0.255. The van der Waals surface area contributed by atoms with E-state index in [2.05, 4.69) is 15.2 Å². The van der Waals surface area contributed by atoms with Gasteiger partial charge in [0.15, 0.2) is 5.69 Å². The van der Waals surface area contributed by atoms with Crippen LogP contribution in [0.3, 0.4) is 0 Å². The highest BCUT2D eigenvalue weighted by Gasteiger charge is 2.07. The normalized spacial score (nSPS) is 10.8. The zero-order valence-corrected chi connectivity index (χ0v) is 11.2. The molecule has 2 aromatic rings. The summed E-state index contributed by atoms with van der Waals surface area (Å²) in [5, 5.41) is 28.7. The lowest BCUT2D eigenvalue weighted by Crippen LogP contribution is -2.25. The molecule has 0 aliphatic heterocycles. The fourth-order valence-corrected chi connectivity index (χ4v) is 1.61. The van der Waals surface area contributed by atoms with E-state index in [0.29, 0.717) is 0 Å². The van der Waals surface area contributed by atoms with Gasteiger partial charge in [0.2, 0.25) is 0 Å². The second-order valence-electron chi connectivity index (χ2n) is 4.21. The summed E-state index contributed by atoms with van der Waals surface area (Å²) in [6, 6.07) is 2.77. The number of aromatic nitrogens is 2. The summed E-state index contributed by atoms with van der Waals surface area (Å²) >= 11 is 0. The van der Waals surface area contributed by atoms with Gasteiger partial charge in [0.1, 0.15) is 5.82 Å². The molecule has 0 atom stereocenters. The number of nitrogens with zero attached hydrogens (tertiary/aromatic N) is 2. The SMILES string of the molecule is Nc1[nH]c(=O)[nH]c(=O)c1N=Nc1cc(C(=O)[O-])cc(C(=O)[O-])c1. The van der Waals surface area contributed by atoms with Crippen LogP contribution in [-0.2, 0) is 0 Å². The fraction of sp³-hybridized carbons (Fsp3) is 0. The van der Waals surface area contributed by atoms with Gasteiger partial charge in [-0.15, -0.1) is 5.11 Å². The van der Waals surface area contributed by atoms with E-state index >= 15 is 0 Å².